The number of pyridine rings is 1. The molecule has 0 bridgehead atoms. The molecule has 2 rings (SSSR count). The number of hydrogen-bond donors (Lipinski definition) is 0. The Morgan fingerprint density at radius 1 is 1.15 bits per heavy atom. The minimum Gasteiger partial charge on any atom is -0.295 e. The summed E-state index contributed by atoms with van der Waals surface area (Å²) >= 11 is 0. The van der Waals surface area contributed by atoms with Crippen LogP contribution in [-0.4, -0.2) is 23.0 Å². The monoisotopic (exact) mass is 274 g/mol. The fourth-order valence-electron chi connectivity index (χ4n) is 3.50. The lowest BCUT2D eigenvalue weighted by Crippen LogP contribution is -2.39. The van der Waals surface area contributed by atoms with Crippen LogP contribution in [0.5, 0.6) is 0 Å². The van der Waals surface area contributed by atoms with Gasteiger partial charge in [0.05, 0.1) is 5.69 Å². The molecule has 2 heteroatoms. The molecular weight excluding hydrogens is 244 g/mol. The summed E-state index contributed by atoms with van der Waals surface area (Å²) in [5.41, 5.74) is 1.66. The highest BCUT2D eigenvalue weighted by molar-refractivity contribution is 5.08. The molecule has 1 aromatic rings. The Bertz CT molecular complexity index is 399. The van der Waals surface area contributed by atoms with Crippen LogP contribution >= 0.6 is 0 Å². The first-order valence-electron chi connectivity index (χ1n) is 8.02. The minimum atomic E-state index is 0.410. The normalized spacial score (nSPS) is 25.7. The molecule has 20 heavy (non-hydrogen) atoms. The SMILES string of the molecule is CC(c1ccccn1)N(C)[C@H]1CC[C@@H](C(C)(C)C)CC1. The smallest absolute Gasteiger partial charge is 0.0572 e. The zero-order valence-electron chi connectivity index (χ0n) is 13.8. The van der Waals surface area contributed by atoms with E-state index in [4.69, 9.17) is 0 Å². The van der Waals surface area contributed by atoms with Crippen LogP contribution < -0.4 is 0 Å². The maximum Gasteiger partial charge on any atom is 0.0572 e. The van der Waals surface area contributed by atoms with E-state index in [0.29, 0.717) is 17.5 Å². The molecule has 1 aliphatic carbocycles. The molecule has 0 aliphatic heterocycles. The lowest BCUT2D eigenvalue weighted by atomic mass is 9.71. The molecule has 1 fully saturated rings. The lowest BCUT2D eigenvalue weighted by Gasteiger charge is -2.41. The van der Waals surface area contributed by atoms with Gasteiger partial charge in [0.1, 0.15) is 0 Å². The Hall–Kier alpha value is -0.890. The molecule has 1 unspecified atom stereocenters. The molecule has 0 saturated heterocycles. The maximum atomic E-state index is 4.51. The first kappa shape index (κ1) is 15.5. The Kier molecular flexibility index (Phi) is 4.85. The largest absolute Gasteiger partial charge is 0.295 e. The van der Waals surface area contributed by atoms with Gasteiger partial charge in [0.2, 0.25) is 0 Å². The van der Waals surface area contributed by atoms with Crippen molar-refractivity contribution in [3.63, 3.8) is 0 Å². The van der Waals surface area contributed by atoms with Crippen molar-refractivity contribution < 1.29 is 0 Å². The number of rotatable bonds is 3. The summed E-state index contributed by atoms with van der Waals surface area (Å²) in [4.78, 5) is 7.04. The van der Waals surface area contributed by atoms with Crippen LogP contribution in [0.1, 0.15) is 65.1 Å². The third-order valence-corrected chi connectivity index (χ3v) is 5.22. The van der Waals surface area contributed by atoms with Crippen LogP contribution in [0.15, 0.2) is 24.4 Å². The third-order valence-electron chi connectivity index (χ3n) is 5.22. The predicted octanol–water partition coefficient (Wildman–Crippen LogP) is 4.68. The highest BCUT2D eigenvalue weighted by Crippen LogP contribution is 2.39. The zero-order valence-corrected chi connectivity index (χ0v) is 13.8. The van der Waals surface area contributed by atoms with Gasteiger partial charge in [-0.15, -0.1) is 0 Å². The maximum absolute atomic E-state index is 4.51. The first-order chi connectivity index (χ1) is 9.39. The second-order valence-corrected chi connectivity index (χ2v) is 7.47. The summed E-state index contributed by atoms with van der Waals surface area (Å²) in [5, 5.41) is 0. The number of aromatic nitrogens is 1. The molecule has 2 nitrogen and oxygen atoms in total. The molecule has 0 amide bonds. The lowest BCUT2D eigenvalue weighted by molar-refractivity contribution is 0.0892. The Balaban J connectivity index is 1.93. The van der Waals surface area contributed by atoms with Crippen LogP contribution in [-0.2, 0) is 0 Å². The molecule has 1 saturated carbocycles. The molecule has 1 heterocycles. The summed E-state index contributed by atoms with van der Waals surface area (Å²) < 4.78 is 0. The average Bonchev–Trinajstić information content (AvgIpc) is 2.46. The molecular formula is C18H30N2. The van der Waals surface area contributed by atoms with E-state index in [1.807, 2.05) is 12.3 Å². The summed E-state index contributed by atoms with van der Waals surface area (Å²) in [5.74, 6) is 0.886. The number of nitrogens with zero attached hydrogens (tertiary/aromatic N) is 2. The quantitative estimate of drug-likeness (QED) is 0.795. The van der Waals surface area contributed by atoms with Crippen molar-refractivity contribution in [1.29, 1.82) is 0 Å². The van der Waals surface area contributed by atoms with E-state index < -0.39 is 0 Å². The van der Waals surface area contributed by atoms with Gasteiger partial charge in [-0.1, -0.05) is 26.8 Å². The molecule has 1 aliphatic rings. The fraction of sp³-hybridized carbons (Fsp3) is 0.722. The molecule has 0 aromatic carbocycles. The molecule has 0 spiro atoms. The molecule has 1 aromatic heterocycles. The van der Waals surface area contributed by atoms with Crippen LogP contribution in [0, 0.1) is 11.3 Å². The highest BCUT2D eigenvalue weighted by Gasteiger charge is 2.32. The highest BCUT2D eigenvalue weighted by atomic mass is 15.2. The van der Waals surface area contributed by atoms with Crippen molar-refractivity contribution in [3.05, 3.63) is 30.1 Å². The van der Waals surface area contributed by atoms with Crippen molar-refractivity contribution in [2.75, 3.05) is 7.05 Å². The Morgan fingerprint density at radius 2 is 1.80 bits per heavy atom. The summed E-state index contributed by atoms with van der Waals surface area (Å²) in [6.45, 7) is 9.44. The third kappa shape index (κ3) is 3.60. The Labute approximate surface area is 124 Å². The van der Waals surface area contributed by atoms with Gasteiger partial charge in [0.25, 0.3) is 0 Å². The van der Waals surface area contributed by atoms with Crippen molar-refractivity contribution >= 4 is 0 Å². The first-order valence-corrected chi connectivity index (χ1v) is 8.02. The van der Waals surface area contributed by atoms with E-state index in [1.54, 1.807) is 0 Å². The average molecular weight is 274 g/mol. The van der Waals surface area contributed by atoms with Crippen molar-refractivity contribution in [1.82, 2.24) is 9.88 Å². The van der Waals surface area contributed by atoms with Gasteiger partial charge in [-0.25, -0.2) is 0 Å². The van der Waals surface area contributed by atoms with Crippen molar-refractivity contribution in [2.24, 2.45) is 11.3 Å². The van der Waals surface area contributed by atoms with Gasteiger partial charge < -0.3 is 0 Å². The van der Waals surface area contributed by atoms with Gasteiger partial charge in [-0.2, -0.15) is 0 Å². The van der Waals surface area contributed by atoms with Crippen LogP contribution in [0.3, 0.4) is 0 Å². The summed E-state index contributed by atoms with van der Waals surface area (Å²) in [7, 11) is 2.27. The summed E-state index contributed by atoms with van der Waals surface area (Å²) in [6.07, 6.45) is 7.29. The topological polar surface area (TPSA) is 16.1 Å². The number of hydrogen-bond acceptors (Lipinski definition) is 2. The van der Waals surface area contributed by atoms with Crippen molar-refractivity contribution in [3.8, 4) is 0 Å². The van der Waals surface area contributed by atoms with E-state index >= 15 is 0 Å². The van der Waals surface area contributed by atoms with E-state index in [9.17, 15) is 0 Å². The predicted molar refractivity (Wildman–Crippen MR) is 85.6 cm³/mol. The molecule has 1 atom stereocenters. The van der Waals surface area contributed by atoms with Gasteiger partial charge >= 0.3 is 0 Å². The van der Waals surface area contributed by atoms with E-state index in [0.717, 1.165) is 5.92 Å². The molecule has 0 radical (unpaired) electrons. The van der Waals surface area contributed by atoms with E-state index in [1.165, 1.54) is 31.4 Å². The van der Waals surface area contributed by atoms with Gasteiger partial charge in [-0.05, 0) is 63.1 Å². The van der Waals surface area contributed by atoms with Crippen LogP contribution in [0.25, 0.3) is 0 Å². The summed E-state index contributed by atoms with van der Waals surface area (Å²) in [6, 6.07) is 7.34. The van der Waals surface area contributed by atoms with Crippen LogP contribution in [0.2, 0.25) is 0 Å². The van der Waals surface area contributed by atoms with Crippen LogP contribution in [0.4, 0.5) is 0 Å². The van der Waals surface area contributed by atoms with Gasteiger partial charge in [-0.3, -0.25) is 9.88 Å². The second kappa shape index (κ2) is 6.26. The fourth-order valence-corrected chi connectivity index (χ4v) is 3.50. The van der Waals surface area contributed by atoms with E-state index in [-0.39, 0.29) is 0 Å². The van der Waals surface area contributed by atoms with Gasteiger partial charge in [0, 0.05) is 18.3 Å². The molecule has 0 N–H and O–H groups in total. The zero-order chi connectivity index (χ0) is 14.8. The van der Waals surface area contributed by atoms with Crippen molar-refractivity contribution in [2.45, 2.75) is 65.5 Å². The second-order valence-electron chi connectivity index (χ2n) is 7.47. The van der Waals surface area contributed by atoms with Gasteiger partial charge in [0.15, 0.2) is 0 Å². The Morgan fingerprint density at radius 3 is 2.30 bits per heavy atom. The van der Waals surface area contributed by atoms with E-state index in [2.05, 4.69) is 56.8 Å². The molecule has 112 valence electrons. The minimum absolute atomic E-state index is 0.410. The standard InChI is InChI=1S/C18H30N2/c1-14(17-8-6-7-13-19-17)20(5)16-11-9-15(10-12-16)18(2,3)4/h6-8,13-16H,9-12H2,1-5H3/t14?,15-,16+.